The van der Waals surface area contributed by atoms with E-state index < -0.39 is 0 Å². The van der Waals surface area contributed by atoms with Crippen molar-refractivity contribution in [3.05, 3.63) is 0 Å². The lowest BCUT2D eigenvalue weighted by atomic mass is 9.85. The average Bonchev–Trinajstić information content (AvgIpc) is 2.05. The van der Waals surface area contributed by atoms with Crippen molar-refractivity contribution >= 4 is 0 Å². The molecule has 0 amide bonds. The number of rotatable bonds is 2. The summed E-state index contributed by atoms with van der Waals surface area (Å²) in [5.41, 5.74) is 6.99. The van der Waals surface area contributed by atoms with E-state index in [4.69, 9.17) is 5.73 Å². The summed E-state index contributed by atoms with van der Waals surface area (Å²) in [6.07, 6.45) is 5.76. The molecule has 10 heavy (non-hydrogen) atoms. The van der Waals surface area contributed by atoms with Crippen LogP contribution in [0.2, 0.25) is 0 Å². The molecule has 1 aliphatic carbocycles. The van der Waals surface area contributed by atoms with Gasteiger partial charge in [-0.2, -0.15) is 0 Å². The van der Waals surface area contributed by atoms with Crippen LogP contribution in [0.5, 0.6) is 0 Å². The third-order valence-electron chi connectivity index (χ3n) is 2.40. The highest BCUT2D eigenvalue weighted by atomic mass is 16.3. The maximum absolute atomic E-state index is 9.30. The molecule has 1 unspecified atom stereocenters. The zero-order valence-electron chi connectivity index (χ0n) is 6.34. The Balaban J connectivity index is 2.24. The summed E-state index contributed by atoms with van der Waals surface area (Å²) in [5.74, 6) is 0.436. The lowest BCUT2D eigenvalue weighted by Crippen LogP contribution is -2.26. The topological polar surface area (TPSA) is 44.0 Å². The van der Waals surface area contributed by atoms with Gasteiger partial charge in [-0.25, -0.2) is 0 Å². The highest BCUT2D eigenvalue weighted by Gasteiger charge is 2.19. The molecule has 1 saturated carbocycles. The minimum Gasteiger partial charge on any atom is -0.391 e. The van der Waals surface area contributed by atoms with Crippen molar-refractivity contribution in [2.45, 2.75) is 38.2 Å². The van der Waals surface area contributed by atoms with Gasteiger partial charge in [0.2, 0.25) is 0 Å². The summed E-state index contributed by atoms with van der Waals surface area (Å²) in [5, 5.41) is 9.30. The number of hydrogen-bond acceptors (Lipinski definition) is 1. The summed E-state index contributed by atoms with van der Waals surface area (Å²) in [6.45, 7) is 0.185. The second-order valence-corrected chi connectivity index (χ2v) is 3.17. The molecule has 1 atom stereocenters. The summed E-state index contributed by atoms with van der Waals surface area (Å²) in [7, 11) is 0. The first-order valence-corrected chi connectivity index (χ1v) is 4.17. The van der Waals surface area contributed by atoms with Gasteiger partial charge < -0.3 is 5.11 Å². The minimum absolute atomic E-state index is 0.185. The van der Waals surface area contributed by atoms with Crippen molar-refractivity contribution in [1.29, 1.82) is 0 Å². The van der Waals surface area contributed by atoms with Gasteiger partial charge in [-0.3, -0.25) is 5.73 Å². The Labute approximate surface area is 62.4 Å². The monoisotopic (exact) mass is 142 g/mol. The lowest BCUT2D eigenvalue weighted by Gasteiger charge is -2.25. The Hall–Kier alpha value is -0.0800. The molecule has 0 bridgehead atoms. The molecule has 1 fully saturated rings. The lowest BCUT2D eigenvalue weighted by molar-refractivity contribution is 0.0907. The van der Waals surface area contributed by atoms with Crippen LogP contribution in [0, 0.1) is 5.92 Å². The molecule has 0 aliphatic heterocycles. The van der Waals surface area contributed by atoms with Crippen molar-refractivity contribution in [2.24, 2.45) is 5.92 Å². The van der Waals surface area contributed by atoms with Gasteiger partial charge in [-0.05, 0) is 18.8 Å². The molecule has 0 aromatic carbocycles. The molecular weight excluding hydrogens is 126 g/mol. The van der Waals surface area contributed by atoms with Crippen LogP contribution < -0.4 is 5.73 Å². The van der Waals surface area contributed by atoms with Gasteiger partial charge in [0, 0.05) is 6.54 Å². The Morgan fingerprint density at radius 2 is 1.90 bits per heavy atom. The first kappa shape index (κ1) is 8.02. The second kappa shape index (κ2) is 3.94. The molecular formula is C8H16NO. The van der Waals surface area contributed by atoms with E-state index >= 15 is 0 Å². The van der Waals surface area contributed by atoms with Gasteiger partial charge in [0.15, 0.2) is 0 Å². The molecule has 0 aromatic heterocycles. The normalized spacial score (nSPS) is 24.6. The summed E-state index contributed by atoms with van der Waals surface area (Å²) < 4.78 is 0. The predicted octanol–water partition coefficient (Wildman–Crippen LogP) is 1.21. The molecule has 0 heterocycles. The number of hydrogen-bond donors (Lipinski definition) is 1. The first-order valence-electron chi connectivity index (χ1n) is 4.17. The quantitative estimate of drug-likeness (QED) is 0.618. The van der Waals surface area contributed by atoms with Crippen LogP contribution in [0.1, 0.15) is 32.1 Å². The smallest absolute Gasteiger partial charge is 0.0706 e. The zero-order valence-corrected chi connectivity index (χ0v) is 6.34. The fourth-order valence-electron chi connectivity index (χ4n) is 1.69. The predicted molar refractivity (Wildman–Crippen MR) is 40.5 cm³/mol. The largest absolute Gasteiger partial charge is 0.391 e. The third-order valence-corrected chi connectivity index (χ3v) is 2.40. The summed E-state index contributed by atoms with van der Waals surface area (Å²) >= 11 is 0. The van der Waals surface area contributed by atoms with Crippen molar-refractivity contribution < 1.29 is 5.11 Å². The molecule has 1 radical (unpaired) electrons. The standard InChI is InChI=1S/C8H16NO/c9-6-8(10)7-4-2-1-3-5-7/h7-10H,1-6H2. The van der Waals surface area contributed by atoms with Crippen LogP contribution in [0.25, 0.3) is 0 Å². The first-order chi connectivity index (χ1) is 4.84. The van der Waals surface area contributed by atoms with E-state index in [1.165, 1.54) is 19.3 Å². The fraction of sp³-hybridized carbons (Fsp3) is 1.00. The van der Waals surface area contributed by atoms with Crippen LogP contribution in [0.3, 0.4) is 0 Å². The van der Waals surface area contributed by atoms with E-state index in [0.29, 0.717) is 5.92 Å². The van der Waals surface area contributed by atoms with E-state index in [9.17, 15) is 5.11 Å². The van der Waals surface area contributed by atoms with Crippen LogP contribution in [0.4, 0.5) is 0 Å². The third kappa shape index (κ3) is 1.96. The highest BCUT2D eigenvalue weighted by molar-refractivity contribution is 4.72. The van der Waals surface area contributed by atoms with E-state index in [0.717, 1.165) is 12.8 Å². The second-order valence-electron chi connectivity index (χ2n) is 3.17. The van der Waals surface area contributed by atoms with Gasteiger partial charge in [-0.1, -0.05) is 19.3 Å². The van der Waals surface area contributed by atoms with E-state index in [1.54, 1.807) is 0 Å². The van der Waals surface area contributed by atoms with Crippen LogP contribution in [0.15, 0.2) is 0 Å². The Bertz CT molecular complexity index is 89.3. The maximum Gasteiger partial charge on any atom is 0.0706 e. The molecule has 2 N–H and O–H groups in total. The van der Waals surface area contributed by atoms with Crippen LogP contribution >= 0.6 is 0 Å². The van der Waals surface area contributed by atoms with Crippen LogP contribution in [-0.4, -0.2) is 17.8 Å². The van der Waals surface area contributed by atoms with E-state index in [1.807, 2.05) is 0 Å². The van der Waals surface area contributed by atoms with Crippen molar-refractivity contribution in [3.8, 4) is 0 Å². The number of aliphatic hydroxyl groups is 1. The fourth-order valence-corrected chi connectivity index (χ4v) is 1.69. The van der Waals surface area contributed by atoms with Crippen molar-refractivity contribution in [3.63, 3.8) is 0 Å². The Morgan fingerprint density at radius 3 is 2.40 bits per heavy atom. The summed E-state index contributed by atoms with van der Waals surface area (Å²) in [4.78, 5) is 0. The van der Waals surface area contributed by atoms with Gasteiger partial charge in [0.25, 0.3) is 0 Å². The minimum atomic E-state index is -0.347. The van der Waals surface area contributed by atoms with Gasteiger partial charge >= 0.3 is 0 Å². The molecule has 2 heteroatoms. The molecule has 0 aromatic rings. The average molecular weight is 142 g/mol. The molecule has 59 valence electrons. The van der Waals surface area contributed by atoms with E-state index in [2.05, 4.69) is 0 Å². The Kier molecular flexibility index (Phi) is 3.16. The Morgan fingerprint density at radius 1 is 1.30 bits per heavy atom. The molecule has 0 spiro atoms. The maximum atomic E-state index is 9.30. The number of nitrogens with one attached hydrogen (secondary N) is 1. The molecule has 1 aliphatic rings. The van der Waals surface area contributed by atoms with Gasteiger partial charge in [0.05, 0.1) is 6.10 Å². The molecule has 1 rings (SSSR count). The van der Waals surface area contributed by atoms with Gasteiger partial charge in [0.1, 0.15) is 0 Å². The highest BCUT2D eigenvalue weighted by Crippen LogP contribution is 2.25. The van der Waals surface area contributed by atoms with E-state index in [-0.39, 0.29) is 12.6 Å². The SMILES string of the molecule is [NH]CC(O)C1CCCCC1. The van der Waals surface area contributed by atoms with Gasteiger partial charge in [-0.15, -0.1) is 0 Å². The molecule has 0 saturated heterocycles. The van der Waals surface area contributed by atoms with Crippen LogP contribution in [-0.2, 0) is 0 Å². The van der Waals surface area contributed by atoms with Crippen molar-refractivity contribution in [1.82, 2.24) is 5.73 Å². The molecule has 2 nitrogen and oxygen atoms in total. The summed E-state index contributed by atoms with van der Waals surface area (Å²) in [6, 6.07) is 0. The van der Waals surface area contributed by atoms with Crippen molar-refractivity contribution in [2.75, 3.05) is 6.54 Å². The zero-order chi connectivity index (χ0) is 7.40. The number of aliphatic hydroxyl groups excluding tert-OH is 1.